The first-order chi connectivity index (χ1) is 8.36. The third-order valence-corrected chi connectivity index (χ3v) is 3.67. The number of imidazole rings is 1. The minimum absolute atomic E-state index is 0.101. The van der Waals surface area contributed by atoms with E-state index in [2.05, 4.69) is 23.3 Å². The summed E-state index contributed by atoms with van der Waals surface area (Å²) in [7, 11) is 0. The number of benzene rings is 1. The largest absolute Gasteiger partial charge is 0.297 e. The third-order valence-electron chi connectivity index (χ3n) is 2.62. The first-order valence-corrected chi connectivity index (χ1v) is 6.29. The van der Waals surface area contributed by atoms with E-state index in [1.54, 1.807) is 11.3 Å². The number of hydrogen-bond acceptors (Lipinski definition) is 2. The molecule has 2 aromatic heterocycles. The summed E-state index contributed by atoms with van der Waals surface area (Å²) in [4.78, 5) is 6.58. The van der Waals surface area contributed by atoms with Crippen molar-refractivity contribution in [2.45, 2.75) is 6.42 Å². The van der Waals surface area contributed by atoms with E-state index in [9.17, 15) is 5.11 Å². The number of hydrogen-bond donors (Lipinski definition) is 0. The van der Waals surface area contributed by atoms with Gasteiger partial charge in [0.25, 0.3) is 0 Å². The number of nitrogens with zero attached hydrogens (tertiary/aromatic N) is 2. The smallest absolute Gasteiger partial charge is 0.194 e. The molecule has 0 atom stereocenters. The van der Waals surface area contributed by atoms with Crippen LogP contribution in [0.5, 0.6) is 0 Å². The zero-order valence-electron chi connectivity index (χ0n) is 9.17. The van der Waals surface area contributed by atoms with Gasteiger partial charge in [0.2, 0.25) is 0 Å². The molecule has 0 saturated carbocycles. The van der Waals surface area contributed by atoms with Crippen LogP contribution in [0.1, 0.15) is 5.69 Å². The Morgan fingerprint density at radius 3 is 2.71 bits per heavy atom. The van der Waals surface area contributed by atoms with E-state index in [0.29, 0.717) is 6.42 Å². The molecule has 0 aliphatic heterocycles. The molecule has 0 bridgehead atoms. The highest BCUT2D eigenvalue weighted by Gasteiger charge is 2.07. The minimum Gasteiger partial charge on any atom is -0.297 e. The zero-order valence-corrected chi connectivity index (χ0v) is 9.98. The van der Waals surface area contributed by atoms with Gasteiger partial charge in [0.05, 0.1) is 17.2 Å². The Bertz CT molecular complexity index is 596. The van der Waals surface area contributed by atoms with Crippen molar-refractivity contribution in [3.8, 4) is 10.4 Å². The fraction of sp³-hybridized carbons (Fsp3) is 0.154. The maximum absolute atomic E-state index is 10.5. The van der Waals surface area contributed by atoms with Gasteiger partial charge in [0.15, 0.2) is 4.96 Å². The second-order valence-corrected chi connectivity index (χ2v) is 4.85. The summed E-state index contributed by atoms with van der Waals surface area (Å²) in [5, 5.41) is 10.5. The molecule has 0 aliphatic rings. The molecule has 0 spiro atoms. The quantitative estimate of drug-likeness (QED) is 0.696. The number of thiazole rings is 1. The second kappa shape index (κ2) is 4.31. The van der Waals surface area contributed by atoms with Gasteiger partial charge in [0.1, 0.15) is 0 Å². The highest BCUT2D eigenvalue weighted by atomic mass is 32.1. The average Bonchev–Trinajstić information content (AvgIpc) is 2.88. The van der Waals surface area contributed by atoms with E-state index in [1.165, 1.54) is 10.4 Å². The summed E-state index contributed by atoms with van der Waals surface area (Å²) in [5.74, 6) is 0. The number of aromatic nitrogens is 2. The van der Waals surface area contributed by atoms with Crippen LogP contribution in [0.2, 0.25) is 0 Å². The molecule has 17 heavy (non-hydrogen) atoms. The van der Waals surface area contributed by atoms with Crippen LogP contribution in [0.15, 0.2) is 42.7 Å². The van der Waals surface area contributed by atoms with Crippen LogP contribution in [0.4, 0.5) is 0 Å². The van der Waals surface area contributed by atoms with E-state index in [1.807, 2.05) is 28.8 Å². The number of fused-ring (bicyclic) bond motifs is 1. The van der Waals surface area contributed by atoms with Crippen molar-refractivity contribution in [2.75, 3.05) is 6.61 Å². The molecule has 1 aromatic carbocycles. The van der Waals surface area contributed by atoms with Gasteiger partial charge in [-0.05, 0) is 5.56 Å². The molecule has 4 heteroatoms. The Kier molecular flexibility index (Phi) is 2.66. The molecule has 3 aromatic rings. The molecular formula is C13H11N2OS. The maximum Gasteiger partial charge on any atom is 0.194 e. The van der Waals surface area contributed by atoms with E-state index >= 15 is 0 Å². The molecule has 0 saturated heterocycles. The van der Waals surface area contributed by atoms with Crippen LogP contribution in [-0.2, 0) is 11.5 Å². The van der Waals surface area contributed by atoms with Crippen LogP contribution >= 0.6 is 11.3 Å². The Morgan fingerprint density at radius 2 is 2.00 bits per heavy atom. The van der Waals surface area contributed by atoms with E-state index < -0.39 is 0 Å². The van der Waals surface area contributed by atoms with E-state index in [4.69, 9.17) is 0 Å². The fourth-order valence-electron chi connectivity index (χ4n) is 1.81. The molecule has 1 radical (unpaired) electrons. The SMILES string of the molecule is [O]CCc1cn2cc(-c3ccccc3)sc2n1. The van der Waals surface area contributed by atoms with Crippen molar-refractivity contribution in [1.82, 2.24) is 9.38 Å². The lowest BCUT2D eigenvalue weighted by molar-refractivity contribution is 0.196. The molecule has 0 aliphatic carbocycles. The van der Waals surface area contributed by atoms with Gasteiger partial charge < -0.3 is 0 Å². The monoisotopic (exact) mass is 243 g/mol. The zero-order chi connectivity index (χ0) is 11.7. The molecule has 0 unspecified atom stereocenters. The van der Waals surface area contributed by atoms with E-state index in [-0.39, 0.29) is 6.61 Å². The normalized spacial score (nSPS) is 11.1. The van der Waals surface area contributed by atoms with Gasteiger partial charge >= 0.3 is 0 Å². The van der Waals surface area contributed by atoms with Crippen LogP contribution in [0.25, 0.3) is 15.4 Å². The van der Waals surface area contributed by atoms with E-state index in [0.717, 1.165) is 10.7 Å². The van der Waals surface area contributed by atoms with Crippen molar-refractivity contribution in [3.63, 3.8) is 0 Å². The molecule has 0 N–H and O–H groups in total. The average molecular weight is 243 g/mol. The first-order valence-electron chi connectivity index (χ1n) is 5.48. The summed E-state index contributed by atoms with van der Waals surface area (Å²) in [6.07, 6.45) is 4.52. The Hall–Kier alpha value is -1.65. The molecule has 3 nitrogen and oxygen atoms in total. The molecule has 85 valence electrons. The standard InChI is InChI=1S/C13H11N2OS/c16-7-6-11-8-15-9-12(17-13(15)14-11)10-4-2-1-3-5-10/h1-5,8-9H,6-7H2. The lowest BCUT2D eigenvalue weighted by Crippen LogP contribution is -1.87. The predicted octanol–water partition coefficient (Wildman–Crippen LogP) is 3.04. The summed E-state index contributed by atoms with van der Waals surface area (Å²) in [5.41, 5.74) is 2.08. The van der Waals surface area contributed by atoms with Crippen LogP contribution in [-0.4, -0.2) is 16.0 Å². The highest BCUT2D eigenvalue weighted by molar-refractivity contribution is 7.20. The molecule has 0 amide bonds. The Morgan fingerprint density at radius 1 is 1.18 bits per heavy atom. The lowest BCUT2D eigenvalue weighted by Gasteiger charge is -1.93. The van der Waals surface area contributed by atoms with Crippen molar-refractivity contribution in [3.05, 3.63) is 48.4 Å². The predicted molar refractivity (Wildman–Crippen MR) is 67.8 cm³/mol. The summed E-state index contributed by atoms with van der Waals surface area (Å²) in [6, 6.07) is 10.2. The van der Waals surface area contributed by atoms with Gasteiger partial charge in [-0.15, -0.1) is 0 Å². The lowest BCUT2D eigenvalue weighted by atomic mass is 10.2. The molecule has 3 rings (SSSR count). The van der Waals surface area contributed by atoms with Crippen LogP contribution < -0.4 is 0 Å². The maximum atomic E-state index is 10.5. The minimum atomic E-state index is -0.101. The van der Waals surface area contributed by atoms with Gasteiger partial charge in [-0.25, -0.2) is 10.1 Å². The molecule has 2 heterocycles. The fourth-order valence-corrected chi connectivity index (χ4v) is 2.80. The summed E-state index contributed by atoms with van der Waals surface area (Å²) >= 11 is 1.65. The van der Waals surface area contributed by atoms with Crippen molar-refractivity contribution in [2.24, 2.45) is 0 Å². The van der Waals surface area contributed by atoms with Crippen molar-refractivity contribution < 1.29 is 5.11 Å². The van der Waals surface area contributed by atoms with Crippen LogP contribution in [0, 0.1) is 0 Å². The highest BCUT2D eigenvalue weighted by Crippen LogP contribution is 2.28. The Balaban J connectivity index is 2.01. The van der Waals surface area contributed by atoms with Gasteiger partial charge in [-0.1, -0.05) is 41.7 Å². The molecular weight excluding hydrogens is 232 g/mol. The van der Waals surface area contributed by atoms with Crippen molar-refractivity contribution >= 4 is 16.3 Å². The third kappa shape index (κ3) is 1.97. The summed E-state index contributed by atoms with van der Waals surface area (Å²) < 4.78 is 2.00. The van der Waals surface area contributed by atoms with Gasteiger partial charge in [0, 0.05) is 18.8 Å². The first kappa shape index (κ1) is 10.5. The van der Waals surface area contributed by atoms with Gasteiger partial charge in [-0.3, -0.25) is 4.40 Å². The molecule has 0 fully saturated rings. The Labute approximate surface area is 103 Å². The topological polar surface area (TPSA) is 37.2 Å². The summed E-state index contributed by atoms with van der Waals surface area (Å²) in [6.45, 7) is -0.101. The van der Waals surface area contributed by atoms with Gasteiger partial charge in [-0.2, -0.15) is 0 Å². The number of rotatable bonds is 3. The van der Waals surface area contributed by atoms with Crippen molar-refractivity contribution in [1.29, 1.82) is 0 Å². The second-order valence-electron chi connectivity index (χ2n) is 3.84. The van der Waals surface area contributed by atoms with Crippen LogP contribution in [0.3, 0.4) is 0 Å².